The summed E-state index contributed by atoms with van der Waals surface area (Å²) in [5.74, 6) is -1.36. The number of nitrogen functional groups attached to an aromatic ring is 1. The fourth-order valence-electron chi connectivity index (χ4n) is 5.34. The molecule has 0 aromatic heterocycles. The van der Waals surface area contributed by atoms with Gasteiger partial charge in [0.05, 0.1) is 12.3 Å². The summed E-state index contributed by atoms with van der Waals surface area (Å²) in [7, 11) is 0. The molecule has 0 radical (unpaired) electrons. The fraction of sp³-hybridized carbons (Fsp3) is 0.429. The Morgan fingerprint density at radius 1 is 1.06 bits per heavy atom. The third kappa shape index (κ3) is 6.11. The van der Waals surface area contributed by atoms with Crippen LogP contribution in [0.25, 0.3) is 0 Å². The van der Waals surface area contributed by atoms with Crippen LogP contribution in [0.2, 0.25) is 0 Å². The molecule has 4 rings (SSSR count). The maximum atomic E-state index is 12.9. The van der Waals surface area contributed by atoms with Crippen molar-refractivity contribution in [3.63, 3.8) is 0 Å². The van der Waals surface area contributed by atoms with Crippen LogP contribution in [0.3, 0.4) is 0 Å². The van der Waals surface area contributed by atoms with Gasteiger partial charge >= 0.3 is 5.97 Å². The number of nitrogens with one attached hydrogen (secondary N) is 2. The van der Waals surface area contributed by atoms with E-state index in [1.807, 2.05) is 42.5 Å². The van der Waals surface area contributed by atoms with E-state index >= 15 is 0 Å². The van der Waals surface area contributed by atoms with Crippen LogP contribution in [0.5, 0.6) is 0 Å². The number of carboxylic acid groups (broad SMARTS) is 1. The van der Waals surface area contributed by atoms with E-state index in [-0.39, 0.29) is 36.0 Å². The lowest BCUT2D eigenvalue weighted by Crippen LogP contribution is -2.45. The van der Waals surface area contributed by atoms with Gasteiger partial charge < -0.3 is 21.1 Å². The number of aliphatic carboxylic acids is 1. The molecule has 1 aliphatic heterocycles. The molecule has 2 atom stereocenters. The van der Waals surface area contributed by atoms with Gasteiger partial charge in [0.1, 0.15) is 5.84 Å². The maximum Gasteiger partial charge on any atom is 0.304 e. The fourth-order valence-corrected chi connectivity index (χ4v) is 5.34. The standard InChI is InChI=1S/C28H34N4O4/c29-26(30)20-10-8-19(9-11-20)21-13-22(14-21)27(35)31-17-24-15-23(16-25(33)34)28(36)32(24)12-4-7-18-5-2-1-3-6-18/h1-3,5-6,8-11,21-24H,4,7,12-17H2,(H3,29,30)(H,31,35)(H,33,34)/t21-,22-,23-,24-/m0/s1. The number of aryl methyl sites for hydroxylation is 1. The number of benzene rings is 2. The Morgan fingerprint density at radius 2 is 1.75 bits per heavy atom. The zero-order valence-corrected chi connectivity index (χ0v) is 20.4. The number of nitrogens with zero attached hydrogens (tertiary/aromatic N) is 1. The summed E-state index contributed by atoms with van der Waals surface area (Å²) in [6.45, 7) is 0.895. The van der Waals surface area contributed by atoms with Crippen molar-refractivity contribution in [2.24, 2.45) is 17.6 Å². The van der Waals surface area contributed by atoms with E-state index in [1.165, 1.54) is 5.56 Å². The van der Waals surface area contributed by atoms with Crippen LogP contribution in [0.15, 0.2) is 54.6 Å². The Morgan fingerprint density at radius 3 is 2.39 bits per heavy atom. The first-order chi connectivity index (χ1) is 17.3. The van der Waals surface area contributed by atoms with Gasteiger partial charge in [-0.2, -0.15) is 0 Å². The number of amidine groups is 1. The minimum atomic E-state index is -0.973. The Balaban J connectivity index is 1.28. The Hall–Kier alpha value is -3.68. The number of carbonyl (C=O) groups excluding carboxylic acids is 2. The van der Waals surface area contributed by atoms with E-state index in [1.54, 1.807) is 4.90 Å². The highest BCUT2D eigenvalue weighted by Crippen LogP contribution is 2.41. The van der Waals surface area contributed by atoms with Crippen LogP contribution in [0, 0.1) is 17.2 Å². The number of likely N-dealkylation sites (tertiary alicyclic amines) is 1. The summed E-state index contributed by atoms with van der Waals surface area (Å²) in [5, 5.41) is 19.8. The molecule has 5 N–H and O–H groups in total. The number of carboxylic acids is 1. The lowest BCUT2D eigenvalue weighted by atomic mass is 9.71. The van der Waals surface area contributed by atoms with Gasteiger partial charge in [-0.15, -0.1) is 0 Å². The zero-order valence-electron chi connectivity index (χ0n) is 20.4. The summed E-state index contributed by atoms with van der Waals surface area (Å²) in [5.41, 5.74) is 8.55. The van der Waals surface area contributed by atoms with E-state index in [0.29, 0.717) is 31.0 Å². The molecule has 0 bridgehead atoms. The van der Waals surface area contributed by atoms with Gasteiger partial charge in [-0.3, -0.25) is 19.8 Å². The predicted molar refractivity (Wildman–Crippen MR) is 137 cm³/mol. The number of carbonyl (C=O) groups is 3. The summed E-state index contributed by atoms with van der Waals surface area (Å²) >= 11 is 0. The van der Waals surface area contributed by atoms with Gasteiger partial charge in [-0.25, -0.2) is 0 Å². The number of rotatable bonds is 11. The number of amides is 2. The second-order valence-electron chi connectivity index (χ2n) is 9.95. The molecule has 190 valence electrons. The van der Waals surface area contributed by atoms with E-state index in [4.69, 9.17) is 11.1 Å². The molecular formula is C28H34N4O4. The van der Waals surface area contributed by atoms with Gasteiger partial charge in [0.25, 0.3) is 0 Å². The average Bonchev–Trinajstić information content (AvgIpc) is 3.11. The molecule has 1 saturated heterocycles. The van der Waals surface area contributed by atoms with E-state index in [0.717, 1.165) is 31.2 Å². The number of hydrogen-bond acceptors (Lipinski definition) is 4. The second-order valence-corrected chi connectivity index (χ2v) is 9.95. The van der Waals surface area contributed by atoms with Crippen molar-refractivity contribution in [1.82, 2.24) is 10.2 Å². The van der Waals surface area contributed by atoms with E-state index < -0.39 is 11.9 Å². The van der Waals surface area contributed by atoms with Crippen LogP contribution in [-0.2, 0) is 20.8 Å². The van der Waals surface area contributed by atoms with Crippen LogP contribution < -0.4 is 11.1 Å². The smallest absolute Gasteiger partial charge is 0.304 e. The summed E-state index contributed by atoms with van der Waals surface area (Å²) in [4.78, 5) is 38.8. The number of hydrogen-bond donors (Lipinski definition) is 4. The average molecular weight is 491 g/mol. The van der Waals surface area contributed by atoms with Crippen molar-refractivity contribution in [1.29, 1.82) is 5.41 Å². The molecule has 1 aliphatic carbocycles. The third-order valence-corrected chi connectivity index (χ3v) is 7.47. The molecule has 2 aliphatic rings. The SMILES string of the molecule is N=C(N)c1ccc([C@H]2C[C@H](C(=O)NC[C@@H]3C[C@@H](CC(=O)O)C(=O)N3CCCc3ccccc3)C2)cc1. The first-order valence-electron chi connectivity index (χ1n) is 12.6. The van der Waals surface area contributed by atoms with Gasteiger partial charge in [-0.1, -0.05) is 54.6 Å². The second kappa shape index (κ2) is 11.4. The first kappa shape index (κ1) is 25.4. The zero-order chi connectivity index (χ0) is 25.7. The quantitative estimate of drug-likeness (QED) is 0.284. The molecule has 2 aromatic carbocycles. The van der Waals surface area contributed by atoms with Crippen LogP contribution in [0.1, 0.15) is 54.7 Å². The van der Waals surface area contributed by atoms with Crippen molar-refractivity contribution in [2.75, 3.05) is 13.1 Å². The third-order valence-electron chi connectivity index (χ3n) is 7.47. The molecular weight excluding hydrogens is 456 g/mol. The highest BCUT2D eigenvalue weighted by molar-refractivity contribution is 5.94. The van der Waals surface area contributed by atoms with Gasteiger partial charge in [0.15, 0.2) is 0 Å². The molecule has 2 fully saturated rings. The molecule has 0 unspecified atom stereocenters. The van der Waals surface area contributed by atoms with Gasteiger partial charge in [0, 0.05) is 30.6 Å². The summed E-state index contributed by atoms with van der Waals surface area (Å²) < 4.78 is 0. The lowest BCUT2D eigenvalue weighted by molar-refractivity contribution is -0.142. The van der Waals surface area contributed by atoms with Crippen molar-refractivity contribution in [2.45, 2.75) is 50.5 Å². The summed E-state index contributed by atoms with van der Waals surface area (Å²) in [6.07, 6.45) is 3.42. The van der Waals surface area contributed by atoms with Crippen molar-refractivity contribution >= 4 is 23.6 Å². The molecule has 2 amide bonds. The largest absolute Gasteiger partial charge is 0.481 e. The minimum Gasteiger partial charge on any atom is -0.481 e. The Labute approximate surface area is 211 Å². The monoisotopic (exact) mass is 490 g/mol. The molecule has 1 heterocycles. The molecule has 1 saturated carbocycles. The highest BCUT2D eigenvalue weighted by Gasteiger charge is 2.41. The van der Waals surface area contributed by atoms with Gasteiger partial charge in [-0.05, 0) is 49.1 Å². The van der Waals surface area contributed by atoms with Crippen molar-refractivity contribution in [3.8, 4) is 0 Å². The summed E-state index contributed by atoms with van der Waals surface area (Å²) in [6, 6.07) is 17.5. The van der Waals surface area contributed by atoms with Crippen LogP contribution >= 0.6 is 0 Å². The number of nitrogens with two attached hydrogens (primary N) is 1. The van der Waals surface area contributed by atoms with E-state index in [2.05, 4.69) is 17.4 Å². The molecule has 0 spiro atoms. The predicted octanol–water partition coefficient (Wildman–Crippen LogP) is 2.91. The molecule has 8 nitrogen and oxygen atoms in total. The van der Waals surface area contributed by atoms with Crippen LogP contribution in [-0.4, -0.2) is 52.8 Å². The Bertz CT molecular complexity index is 1100. The minimum absolute atomic E-state index is 0.00928. The maximum absolute atomic E-state index is 12.9. The lowest BCUT2D eigenvalue weighted by Gasteiger charge is -2.35. The normalized spacial score (nSPS) is 23.2. The van der Waals surface area contributed by atoms with Crippen molar-refractivity contribution < 1.29 is 19.5 Å². The van der Waals surface area contributed by atoms with Crippen molar-refractivity contribution in [3.05, 3.63) is 71.3 Å². The molecule has 36 heavy (non-hydrogen) atoms. The Kier molecular flexibility index (Phi) is 8.03. The van der Waals surface area contributed by atoms with Crippen LogP contribution in [0.4, 0.5) is 0 Å². The highest BCUT2D eigenvalue weighted by atomic mass is 16.4. The molecule has 8 heteroatoms. The topological polar surface area (TPSA) is 137 Å². The first-order valence-corrected chi connectivity index (χ1v) is 12.6. The van der Waals surface area contributed by atoms with Gasteiger partial charge in [0.2, 0.25) is 11.8 Å². The van der Waals surface area contributed by atoms with E-state index in [9.17, 15) is 19.5 Å². The molecule has 2 aromatic rings.